The zero-order valence-corrected chi connectivity index (χ0v) is 15.3. The molecule has 27 heavy (non-hydrogen) atoms. The first-order valence-electron chi connectivity index (χ1n) is 7.71. The number of hydrazone groups is 1. The van der Waals surface area contributed by atoms with Crippen LogP contribution in [0.2, 0.25) is 0 Å². The number of pyridine rings is 1. The van der Waals surface area contributed by atoms with E-state index in [0.717, 1.165) is 10.5 Å². The number of nitro benzene ring substituents is 1. The van der Waals surface area contributed by atoms with Crippen LogP contribution in [0.4, 0.5) is 11.4 Å². The molecule has 0 fully saturated rings. The van der Waals surface area contributed by atoms with Gasteiger partial charge in [0.15, 0.2) is 0 Å². The van der Waals surface area contributed by atoms with Crippen LogP contribution in [0.25, 0.3) is 5.52 Å². The predicted octanol–water partition coefficient (Wildman–Crippen LogP) is 1.79. The van der Waals surface area contributed by atoms with E-state index in [2.05, 4.69) is 10.2 Å². The SMILES string of the molecule is Cc1ccc([N+](=O)[O-])cc1S(=O)(=O)N(C)N=Cc1cnn2ccc(N)cc12. The molecule has 0 amide bonds. The molecule has 0 unspecified atom stereocenters. The summed E-state index contributed by atoms with van der Waals surface area (Å²) in [4.78, 5) is 10.1. The first-order valence-corrected chi connectivity index (χ1v) is 9.15. The highest BCUT2D eigenvalue weighted by Gasteiger charge is 2.24. The van der Waals surface area contributed by atoms with E-state index in [0.29, 0.717) is 22.3 Å². The first-order chi connectivity index (χ1) is 12.7. The number of benzene rings is 1. The zero-order chi connectivity index (χ0) is 19.8. The largest absolute Gasteiger partial charge is 0.399 e. The van der Waals surface area contributed by atoms with Gasteiger partial charge in [-0.2, -0.15) is 23.0 Å². The Morgan fingerprint density at radius 3 is 2.78 bits per heavy atom. The Labute approximate surface area is 154 Å². The molecule has 0 aliphatic heterocycles. The minimum absolute atomic E-state index is 0.180. The summed E-state index contributed by atoms with van der Waals surface area (Å²) < 4.78 is 27.8. The number of nitrogens with zero attached hydrogens (tertiary/aromatic N) is 5. The smallest absolute Gasteiger partial charge is 0.279 e. The van der Waals surface area contributed by atoms with Crippen molar-refractivity contribution in [2.24, 2.45) is 5.10 Å². The second-order valence-electron chi connectivity index (χ2n) is 5.78. The second kappa shape index (κ2) is 6.68. The number of hydrogen-bond acceptors (Lipinski definition) is 7. The molecule has 0 atom stereocenters. The van der Waals surface area contributed by atoms with Crippen LogP contribution >= 0.6 is 0 Å². The lowest BCUT2D eigenvalue weighted by Gasteiger charge is -2.15. The molecule has 0 saturated heterocycles. The van der Waals surface area contributed by atoms with Gasteiger partial charge in [-0.3, -0.25) is 10.1 Å². The summed E-state index contributed by atoms with van der Waals surface area (Å²) in [6.07, 6.45) is 4.54. The fraction of sp³-hybridized carbons (Fsp3) is 0.125. The Morgan fingerprint density at radius 2 is 2.07 bits per heavy atom. The molecule has 3 aromatic rings. The van der Waals surface area contributed by atoms with Gasteiger partial charge in [0.05, 0.1) is 27.7 Å². The van der Waals surface area contributed by atoms with Crippen molar-refractivity contribution in [3.05, 3.63) is 64.0 Å². The third-order valence-corrected chi connectivity index (χ3v) is 5.73. The maximum atomic E-state index is 12.8. The molecule has 3 rings (SSSR count). The average molecular weight is 388 g/mol. The summed E-state index contributed by atoms with van der Waals surface area (Å²) in [7, 11) is -2.81. The minimum Gasteiger partial charge on any atom is -0.399 e. The molecule has 11 heteroatoms. The van der Waals surface area contributed by atoms with Gasteiger partial charge in [0.25, 0.3) is 15.7 Å². The van der Waals surface area contributed by atoms with Gasteiger partial charge in [0, 0.05) is 36.6 Å². The molecule has 1 aromatic carbocycles. The normalized spacial score (nSPS) is 11.9. The molecular formula is C16H16N6O4S. The van der Waals surface area contributed by atoms with Gasteiger partial charge in [0.2, 0.25) is 0 Å². The molecule has 0 aliphatic carbocycles. The molecule has 2 N–H and O–H groups in total. The Hall–Kier alpha value is -3.47. The van der Waals surface area contributed by atoms with Crippen molar-refractivity contribution < 1.29 is 13.3 Å². The molecule has 2 aromatic heterocycles. The van der Waals surface area contributed by atoms with E-state index in [1.165, 1.54) is 31.6 Å². The number of nitrogens with two attached hydrogens (primary N) is 1. The monoisotopic (exact) mass is 388 g/mol. The van der Waals surface area contributed by atoms with E-state index in [4.69, 9.17) is 5.73 Å². The van der Waals surface area contributed by atoms with Crippen LogP contribution < -0.4 is 5.73 Å². The maximum absolute atomic E-state index is 12.8. The van der Waals surface area contributed by atoms with Gasteiger partial charge in [-0.25, -0.2) is 4.52 Å². The molecule has 140 valence electrons. The molecule has 0 aliphatic rings. The summed E-state index contributed by atoms with van der Waals surface area (Å²) in [6.45, 7) is 1.56. The van der Waals surface area contributed by atoms with E-state index in [1.807, 2.05) is 0 Å². The first kappa shape index (κ1) is 18.3. The molecule has 0 radical (unpaired) electrons. The Kier molecular flexibility index (Phi) is 4.54. The maximum Gasteiger partial charge on any atom is 0.279 e. The van der Waals surface area contributed by atoms with Gasteiger partial charge < -0.3 is 5.73 Å². The number of aromatic nitrogens is 2. The fourth-order valence-electron chi connectivity index (χ4n) is 2.44. The molecule has 2 heterocycles. The number of fused-ring (bicyclic) bond motifs is 1. The number of rotatable bonds is 5. The van der Waals surface area contributed by atoms with Gasteiger partial charge in [0.1, 0.15) is 0 Å². The van der Waals surface area contributed by atoms with Gasteiger partial charge in [-0.15, -0.1) is 0 Å². The molecular weight excluding hydrogens is 372 g/mol. The number of non-ortho nitro benzene ring substituents is 1. The van der Waals surface area contributed by atoms with Crippen LogP contribution in [0.3, 0.4) is 0 Å². The van der Waals surface area contributed by atoms with Crippen molar-refractivity contribution in [3.8, 4) is 0 Å². The van der Waals surface area contributed by atoms with E-state index in [-0.39, 0.29) is 10.6 Å². The summed E-state index contributed by atoms with van der Waals surface area (Å²) in [5.74, 6) is 0. The zero-order valence-electron chi connectivity index (χ0n) is 14.5. The summed E-state index contributed by atoms with van der Waals surface area (Å²) >= 11 is 0. The quantitative estimate of drug-likeness (QED) is 0.402. The topological polar surface area (TPSA) is 136 Å². The number of hydrogen-bond donors (Lipinski definition) is 1. The molecule has 10 nitrogen and oxygen atoms in total. The standard InChI is InChI=1S/C16H16N6O4S/c1-11-3-4-14(22(23)24)8-16(11)27(25,26)20(2)18-9-12-10-19-21-6-5-13(17)7-15(12)21/h3-10H,17H2,1-2H3. The number of aryl methyl sites for hydroxylation is 1. The Morgan fingerprint density at radius 1 is 1.33 bits per heavy atom. The van der Waals surface area contributed by atoms with Crippen LogP contribution in [0.5, 0.6) is 0 Å². The van der Waals surface area contributed by atoms with Crippen molar-refractivity contribution in [3.63, 3.8) is 0 Å². The number of sulfonamides is 1. The third kappa shape index (κ3) is 3.44. The van der Waals surface area contributed by atoms with Crippen molar-refractivity contribution in [1.29, 1.82) is 0 Å². The minimum atomic E-state index is -4.06. The van der Waals surface area contributed by atoms with E-state index >= 15 is 0 Å². The number of nitrogen functional groups attached to an aromatic ring is 1. The summed E-state index contributed by atoms with van der Waals surface area (Å²) in [5.41, 5.74) is 7.60. The lowest BCUT2D eigenvalue weighted by atomic mass is 10.2. The van der Waals surface area contributed by atoms with Gasteiger partial charge in [-0.1, -0.05) is 6.07 Å². The number of nitro groups is 1. The van der Waals surface area contributed by atoms with E-state index < -0.39 is 14.9 Å². The van der Waals surface area contributed by atoms with Crippen LogP contribution in [0, 0.1) is 17.0 Å². The highest BCUT2D eigenvalue weighted by Crippen LogP contribution is 2.24. The number of anilines is 1. The van der Waals surface area contributed by atoms with Crippen LogP contribution in [0.1, 0.15) is 11.1 Å². The van der Waals surface area contributed by atoms with E-state index in [9.17, 15) is 18.5 Å². The fourth-order valence-corrected chi connectivity index (χ4v) is 3.64. The van der Waals surface area contributed by atoms with Crippen LogP contribution in [-0.2, 0) is 10.0 Å². The van der Waals surface area contributed by atoms with Crippen LogP contribution in [-0.4, -0.2) is 40.6 Å². The van der Waals surface area contributed by atoms with Gasteiger partial charge in [-0.05, 0) is 24.6 Å². The molecule has 0 saturated carbocycles. The summed E-state index contributed by atoms with van der Waals surface area (Å²) in [6, 6.07) is 7.03. The molecule has 0 spiro atoms. The van der Waals surface area contributed by atoms with Crippen LogP contribution in [0.15, 0.2) is 52.7 Å². The van der Waals surface area contributed by atoms with Crippen molar-refractivity contribution in [2.75, 3.05) is 12.8 Å². The predicted molar refractivity (Wildman–Crippen MR) is 100.0 cm³/mol. The van der Waals surface area contributed by atoms with Crippen molar-refractivity contribution in [2.45, 2.75) is 11.8 Å². The van der Waals surface area contributed by atoms with Crippen molar-refractivity contribution in [1.82, 2.24) is 14.0 Å². The lowest BCUT2D eigenvalue weighted by molar-refractivity contribution is -0.385. The lowest BCUT2D eigenvalue weighted by Crippen LogP contribution is -2.22. The van der Waals surface area contributed by atoms with Crippen molar-refractivity contribution >= 4 is 33.1 Å². The highest BCUT2D eigenvalue weighted by atomic mass is 32.2. The summed E-state index contributed by atoms with van der Waals surface area (Å²) in [5, 5.41) is 19.0. The molecule has 0 bridgehead atoms. The van der Waals surface area contributed by atoms with E-state index in [1.54, 1.807) is 29.8 Å². The second-order valence-corrected chi connectivity index (χ2v) is 7.70. The third-order valence-electron chi connectivity index (χ3n) is 3.94. The van der Waals surface area contributed by atoms with Gasteiger partial charge >= 0.3 is 0 Å². The average Bonchev–Trinajstić information content (AvgIpc) is 3.01. The Bertz CT molecular complexity index is 1170. The highest BCUT2D eigenvalue weighted by molar-refractivity contribution is 7.89. The Balaban J connectivity index is 1.96.